The molecule has 1 aromatic rings. The van der Waals surface area contributed by atoms with Crippen molar-refractivity contribution in [2.75, 3.05) is 0 Å². The molecule has 0 atom stereocenters. The van der Waals surface area contributed by atoms with E-state index in [9.17, 15) is 24.3 Å². The third-order valence-corrected chi connectivity index (χ3v) is 6.61. The maximum Gasteiger partial charge on any atom is 0.339 e. The number of esters is 1. The number of rotatable bonds is 6. The first-order valence-corrected chi connectivity index (χ1v) is 11.4. The first kappa shape index (κ1) is 24.3. The van der Waals surface area contributed by atoms with Crippen molar-refractivity contribution in [3.05, 3.63) is 22.0 Å². The smallest absolute Gasteiger partial charge is 0.339 e. The van der Waals surface area contributed by atoms with Gasteiger partial charge in [-0.2, -0.15) is 0 Å². The second-order valence-corrected chi connectivity index (χ2v) is 10.5. The van der Waals surface area contributed by atoms with Gasteiger partial charge in [-0.05, 0) is 72.1 Å². The number of nitrogens with one attached hydrogen (secondary N) is 1. The molecule has 0 spiro atoms. The maximum atomic E-state index is 12.9. The number of carbonyl (C=O) groups excluding carboxylic acids is 3. The van der Waals surface area contributed by atoms with Crippen LogP contribution in [-0.4, -0.2) is 44.4 Å². The van der Waals surface area contributed by atoms with E-state index in [-0.39, 0.29) is 28.2 Å². The minimum absolute atomic E-state index is 0.0451. The van der Waals surface area contributed by atoms with E-state index in [0.717, 1.165) is 12.8 Å². The summed E-state index contributed by atoms with van der Waals surface area (Å²) in [5.74, 6) is -2.86. The molecule has 0 aromatic carbocycles. The number of hydrogen-bond donors (Lipinski definition) is 2. The Labute approximate surface area is 192 Å². The second-order valence-electron chi connectivity index (χ2n) is 10.1. The molecule has 1 aliphatic heterocycles. The normalized spacial score (nSPS) is 22.8. The molecule has 9 heteroatoms. The molecule has 2 heterocycles. The predicted octanol–water partition coefficient (Wildman–Crippen LogP) is 3.77. The summed E-state index contributed by atoms with van der Waals surface area (Å²) in [5.41, 5.74) is -0.743. The van der Waals surface area contributed by atoms with E-state index in [1.54, 1.807) is 4.57 Å². The number of halogens is 1. The van der Waals surface area contributed by atoms with Crippen LogP contribution < -0.4 is 5.32 Å². The van der Waals surface area contributed by atoms with E-state index in [4.69, 9.17) is 16.3 Å². The zero-order chi connectivity index (χ0) is 23.8. The van der Waals surface area contributed by atoms with Gasteiger partial charge in [0.1, 0.15) is 11.3 Å². The van der Waals surface area contributed by atoms with Crippen molar-refractivity contribution in [2.24, 2.45) is 5.92 Å². The molecular weight excluding hydrogens is 436 g/mol. The Morgan fingerprint density at radius 1 is 1.22 bits per heavy atom. The summed E-state index contributed by atoms with van der Waals surface area (Å²) in [6, 6.07) is 0. The minimum Gasteiger partial charge on any atom is -0.478 e. The Balaban J connectivity index is 1.64. The molecule has 0 saturated heterocycles. The monoisotopic (exact) mass is 466 g/mol. The first-order chi connectivity index (χ1) is 14.8. The van der Waals surface area contributed by atoms with E-state index < -0.39 is 28.8 Å². The maximum absolute atomic E-state index is 12.9. The van der Waals surface area contributed by atoms with Crippen molar-refractivity contribution in [3.63, 3.8) is 0 Å². The Kier molecular flexibility index (Phi) is 6.75. The third-order valence-electron chi connectivity index (χ3n) is 6.24. The van der Waals surface area contributed by atoms with Crippen LogP contribution in [0.15, 0.2) is 0 Å². The van der Waals surface area contributed by atoms with Gasteiger partial charge >= 0.3 is 11.9 Å². The fraction of sp³-hybridized carbons (Fsp3) is 0.652. The molecule has 176 valence electrons. The van der Waals surface area contributed by atoms with Crippen molar-refractivity contribution in [3.8, 4) is 0 Å². The molecule has 0 radical (unpaired) electrons. The number of aromatic nitrogens is 1. The molecule has 2 aliphatic rings. The lowest BCUT2D eigenvalue weighted by atomic mass is 9.76. The lowest BCUT2D eigenvalue weighted by Gasteiger charge is -2.38. The molecule has 32 heavy (non-hydrogen) atoms. The lowest BCUT2D eigenvalue weighted by molar-refractivity contribution is -0.156. The Morgan fingerprint density at radius 2 is 1.84 bits per heavy atom. The first-order valence-electron chi connectivity index (χ1n) is 11.0. The summed E-state index contributed by atoms with van der Waals surface area (Å²) in [4.78, 5) is 49.4. The predicted molar refractivity (Wildman–Crippen MR) is 118 cm³/mol. The van der Waals surface area contributed by atoms with Gasteiger partial charge in [0.05, 0.1) is 10.6 Å². The van der Waals surface area contributed by atoms with Crippen molar-refractivity contribution in [1.82, 2.24) is 9.88 Å². The van der Waals surface area contributed by atoms with Crippen molar-refractivity contribution in [1.29, 1.82) is 0 Å². The molecule has 1 aliphatic carbocycles. The minimum atomic E-state index is -1.20. The number of carboxylic acid groups (broad SMARTS) is 1. The number of carbonyl (C=O) groups is 4. The number of aromatic carboxylic acids is 1. The average molecular weight is 467 g/mol. The Bertz CT molecular complexity index is 951. The second kappa shape index (κ2) is 8.89. The number of fused-ring (bicyclic) bond motifs is 1. The number of carboxylic acids is 1. The SMILES string of the molecule is CC1(NC(=O)C(=O)c2c(Cl)c(C(=O)O)c3n2CCC3)CCC(CC(=O)OC(C)(C)C)CC1. The number of ketones is 1. The highest BCUT2D eigenvalue weighted by atomic mass is 35.5. The van der Waals surface area contributed by atoms with E-state index in [1.165, 1.54) is 0 Å². The van der Waals surface area contributed by atoms with Gasteiger partial charge in [0.2, 0.25) is 0 Å². The van der Waals surface area contributed by atoms with Crippen LogP contribution in [0.25, 0.3) is 0 Å². The van der Waals surface area contributed by atoms with Crippen LogP contribution in [0, 0.1) is 5.92 Å². The fourth-order valence-corrected chi connectivity index (χ4v) is 5.06. The summed E-state index contributed by atoms with van der Waals surface area (Å²) < 4.78 is 6.96. The van der Waals surface area contributed by atoms with Gasteiger partial charge in [-0.3, -0.25) is 14.4 Å². The molecule has 3 rings (SSSR count). The number of amides is 1. The van der Waals surface area contributed by atoms with Gasteiger partial charge in [-0.1, -0.05) is 11.6 Å². The van der Waals surface area contributed by atoms with E-state index >= 15 is 0 Å². The summed E-state index contributed by atoms with van der Waals surface area (Å²) in [5, 5.41) is 12.1. The molecular formula is C23H31ClN2O6. The standard InChI is InChI=1S/C23H31ClN2O6/c1-22(2,3)32-15(27)12-13-7-9-23(4,10-8-13)25-20(29)19(28)18-17(24)16(21(30)31)14-6-5-11-26(14)18/h13H,5-12H2,1-4H3,(H,25,29)(H,30,31). The number of ether oxygens (including phenoxy) is 1. The van der Waals surface area contributed by atoms with Gasteiger partial charge in [0.15, 0.2) is 0 Å². The lowest BCUT2D eigenvalue weighted by Crippen LogP contribution is -2.51. The number of Topliss-reactive ketones (excluding diaryl/α,β-unsaturated/α-hetero) is 1. The van der Waals surface area contributed by atoms with Crippen LogP contribution in [0.1, 0.15) is 92.8 Å². The summed E-state index contributed by atoms with van der Waals surface area (Å²) in [6.45, 7) is 7.85. The highest BCUT2D eigenvalue weighted by Gasteiger charge is 2.38. The van der Waals surface area contributed by atoms with Gasteiger partial charge in [-0.15, -0.1) is 0 Å². The van der Waals surface area contributed by atoms with E-state index in [0.29, 0.717) is 44.3 Å². The molecule has 1 saturated carbocycles. The van der Waals surface area contributed by atoms with Crippen LogP contribution in [0.4, 0.5) is 0 Å². The third kappa shape index (κ3) is 5.17. The molecule has 2 N–H and O–H groups in total. The van der Waals surface area contributed by atoms with Crippen LogP contribution in [0.5, 0.6) is 0 Å². The zero-order valence-electron chi connectivity index (χ0n) is 19.0. The van der Waals surface area contributed by atoms with Gasteiger partial charge in [0.25, 0.3) is 11.7 Å². The van der Waals surface area contributed by atoms with Crippen LogP contribution in [0.3, 0.4) is 0 Å². The van der Waals surface area contributed by atoms with Gasteiger partial charge in [-0.25, -0.2) is 4.79 Å². The number of hydrogen-bond acceptors (Lipinski definition) is 5. The Hall–Kier alpha value is -2.35. The molecule has 1 fully saturated rings. The zero-order valence-corrected chi connectivity index (χ0v) is 19.8. The highest BCUT2D eigenvalue weighted by molar-refractivity contribution is 6.47. The molecule has 1 amide bonds. The van der Waals surface area contributed by atoms with Crippen molar-refractivity contribution >= 4 is 35.2 Å². The van der Waals surface area contributed by atoms with E-state index in [2.05, 4.69) is 5.32 Å². The molecule has 1 aromatic heterocycles. The molecule has 8 nitrogen and oxygen atoms in total. The number of nitrogens with zero attached hydrogens (tertiary/aromatic N) is 1. The van der Waals surface area contributed by atoms with Crippen molar-refractivity contribution in [2.45, 2.75) is 90.3 Å². The summed E-state index contributed by atoms with van der Waals surface area (Å²) >= 11 is 6.23. The van der Waals surface area contributed by atoms with Crippen LogP contribution in [0.2, 0.25) is 5.02 Å². The molecule has 0 unspecified atom stereocenters. The average Bonchev–Trinajstić information content (AvgIpc) is 3.20. The quantitative estimate of drug-likeness (QED) is 0.374. The van der Waals surface area contributed by atoms with Crippen LogP contribution >= 0.6 is 11.6 Å². The molecule has 0 bridgehead atoms. The van der Waals surface area contributed by atoms with Gasteiger partial charge < -0.3 is 19.7 Å². The highest BCUT2D eigenvalue weighted by Crippen LogP contribution is 2.36. The fourth-order valence-electron chi connectivity index (χ4n) is 4.69. The van der Waals surface area contributed by atoms with Crippen molar-refractivity contribution < 1.29 is 29.0 Å². The Morgan fingerprint density at radius 3 is 2.41 bits per heavy atom. The van der Waals surface area contributed by atoms with Gasteiger partial charge in [0, 0.05) is 24.2 Å². The van der Waals surface area contributed by atoms with Crippen LogP contribution in [-0.2, 0) is 27.3 Å². The summed E-state index contributed by atoms with van der Waals surface area (Å²) in [7, 11) is 0. The van der Waals surface area contributed by atoms with E-state index in [1.807, 2.05) is 27.7 Å². The largest absolute Gasteiger partial charge is 0.478 e. The topological polar surface area (TPSA) is 115 Å². The summed E-state index contributed by atoms with van der Waals surface area (Å²) in [6.07, 6.45) is 4.26.